The molecular formula is C22H28N4O3S. The van der Waals surface area contributed by atoms with E-state index in [0.29, 0.717) is 5.56 Å². The van der Waals surface area contributed by atoms with Crippen molar-refractivity contribution in [1.29, 1.82) is 0 Å². The molecule has 0 saturated heterocycles. The number of amides is 2. The first-order valence-electron chi connectivity index (χ1n) is 9.27. The minimum atomic E-state index is -0.0830. The molecule has 2 amide bonds. The first kappa shape index (κ1) is 24.6. The lowest BCUT2D eigenvalue weighted by atomic mass is 10.1. The van der Waals surface area contributed by atoms with Crippen LogP contribution in [0, 0.1) is 0 Å². The highest BCUT2D eigenvalue weighted by Gasteiger charge is 2.15. The standard InChI is InChI=1S/C14H16N2O2S.C7H9N.CH3NO/c1-15-13(17)11-8-12(19-14(11)16-2)9-4-6-10(18-3)7-5-9;1-2-7-5-3-4-6-8-7;2-1-3/h4-8,16H,1-3H3,(H,15,17);3-6H,2H2,1H3;1H,(H2,2,3). The number of carbonyl (C=O) groups is 2. The van der Waals surface area contributed by atoms with Crippen molar-refractivity contribution < 1.29 is 14.3 Å². The molecule has 0 saturated carbocycles. The molecule has 0 radical (unpaired) electrons. The van der Waals surface area contributed by atoms with E-state index in [4.69, 9.17) is 9.53 Å². The molecule has 0 unspecified atom stereocenters. The van der Waals surface area contributed by atoms with Crippen LogP contribution >= 0.6 is 11.3 Å². The summed E-state index contributed by atoms with van der Waals surface area (Å²) in [5.41, 5.74) is 7.06. The minimum Gasteiger partial charge on any atom is -0.497 e. The number of anilines is 1. The van der Waals surface area contributed by atoms with Crippen molar-refractivity contribution in [2.24, 2.45) is 5.73 Å². The third-order valence-electron chi connectivity index (χ3n) is 3.89. The van der Waals surface area contributed by atoms with E-state index in [1.54, 1.807) is 25.5 Å². The van der Waals surface area contributed by atoms with E-state index in [-0.39, 0.29) is 12.3 Å². The fourth-order valence-corrected chi connectivity index (χ4v) is 3.40. The van der Waals surface area contributed by atoms with Crippen molar-refractivity contribution in [3.63, 3.8) is 0 Å². The van der Waals surface area contributed by atoms with Gasteiger partial charge in [0.05, 0.1) is 12.7 Å². The molecule has 0 bridgehead atoms. The van der Waals surface area contributed by atoms with Crippen LogP contribution in [0.4, 0.5) is 5.00 Å². The summed E-state index contributed by atoms with van der Waals surface area (Å²) in [6.07, 6.45) is 3.10. The molecule has 3 aromatic rings. The number of benzene rings is 1. The van der Waals surface area contributed by atoms with E-state index < -0.39 is 0 Å². The first-order valence-corrected chi connectivity index (χ1v) is 10.1. The third kappa shape index (κ3) is 7.56. The Kier molecular flexibility index (Phi) is 11.3. The normalized spacial score (nSPS) is 9.20. The summed E-state index contributed by atoms with van der Waals surface area (Å²) < 4.78 is 5.14. The second-order valence-corrected chi connectivity index (χ2v) is 6.77. The number of primary amides is 1. The number of aryl methyl sites for hydroxylation is 1. The quantitative estimate of drug-likeness (QED) is 0.539. The molecule has 160 valence electrons. The van der Waals surface area contributed by atoms with E-state index >= 15 is 0 Å². The molecule has 30 heavy (non-hydrogen) atoms. The predicted octanol–water partition coefficient (Wildman–Crippen LogP) is 3.57. The molecule has 0 aliphatic rings. The first-order chi connectivity index (χ1) is 14.5. The number of ether oxygens (including phenoxy) is 1. The molecule has 8 heteroatoms. The van der Waals surface area contributed by atoms with Gasteiger partial charge in [-0.05, 0) is 54.4 Å². The number of pyridine rings is 1. The number of nitrogens with two attached hydrogens (primary N) is 1. The zero-order chi connectivity index (χ0) is 22.4. The maximum absolute atomic E-state index is 11.8. The number of methoxy groups -OCH3 is 1. The number of nitrogens with zero attached hydrogens (tertiary/aromatic N) is 1. The molecule has 2 heterocycles. The Morgan fingerprint density at radius 1 is 1.20 bits per heavy atom. The summed E-state index contributed by atoms with van der Waals surface area (Å²) in [7, 11) is 5.09. The van der Waals surface area contributed by atoms with Gasteiger partial charge in [-0.2, -0.15) is 0 Å². The second kappa shape index (κ2) is 13.7. The smallest absolute Gasteiger partial charge is 0.254 e. The number of hydrogen-bond acceptors (Lipinski definition) is 6. The minimum absolute atomic E-state index is 0.0830. The largest absolute Gasteiger partial charge is 0.497 e. The second-order valence-electron chi connectivity index (χ2n) is 5.72. The molecule has 4 N–H and O–H groups in total. The van der Waals surface area contributed by atoms with Crippen LogP contribution < -0.4 is 21.1 Å². The Balaban J connectivity index is 0.000000338. The van der Waals surface area contributed by atoms with Gasteiger partial charge in [0.2, 0.25) is 6.41 Å². The Morgan fingerprint density at radius 2 is 1.87 bits per heavy atom. The van der Waals surface area contributed by atoms with Gasteiger partial charge in [0.25, 0.3) is 5.91 Å². The Morgan fingerprint density at radius 3 is 2.30 bits per heavy atom. The van der Waals surface area contributed by atoms with Crippen LogP contribution in [0.2, 0.25) is 0 Å². The lowest BCUT2D eigenvalue weighted by Gasteiger charge is -2.00. The monoisotopic (exact) mass is 428 g/mol. The van der Waals surface area contributed by atoms with Crippen molar-refractivity contribution in [1.82, 2.24) is 10.3 Å². The van der Waals surface area contributed by atoms with Crippen LogP contribution in [0.5, 0.6) is 5.75 Å². The Hall–Kier alpha value is -3.39. The van der Waals surface area contributed by atoms with Crippen molar-refractivity contribution >= 4 is 28.7 Å². The van der Waals surface area contributed by atoms with Crippen LogP contribution in [0.1, 0.15) is 23.0 Å². The molecule has 0 spiro atoms. The van der Waals surface area contributed by atoms with Gasteiger partial charge in [0.15, 0.2) is 0 Å². The molecule has 3 rings (SSSR count). The molecule has 0 aliphatic carbocycles. The van der Waals surface area contributed by atoms with Crippen LogP contribution in [0.15, 0.2) is 54.7 Å². The fourth-order valence-electron chi connectivity index (χ4n) is 2.38. The Bertz CT molecular complexity index is 897. The number of rotatable bonds is 5. The average Bonchev–Trinajstić information content (AvgIpc) is 3.24. The van der Waals surface area contributed by atoms with Crippen LogP contribution in [0.3, 0.4) is 0 Å². The van der Waals surface area contributed by atoms with Crippen LogP contribution in [0.25, 0.3) is 10.4 Å². The van der Waals surface area contributed by atoms with E-state index in [2.05, 4.69) is 28.3 Å². The van der Waals surface area contributed by atoms with E-state index in [0.717, 1.165) is 33.3 Å². The highest BCUT2D eigenvalue weighted by atomic mass is 32.1. The fraction of sp³-hybridized carbons (Fsp3) is 0.227. The predicted molar refractivity (Wildman–Crippen MR) is 123 cm³/mol. The summed E-state index contributed by atoms with van der Waals surface area (Å²) in [4.78, 5) is 25.5. The summed E-state index contributed by atoms with van der Waals surface area (Å²) >= 11 is 1.56. The zero-order valence-electron chi connectivity index (χ0n) is 17.6. The summed E-state index contributed by atoms with van der Waals surface area (Å²) in [6.45, 7) is 2.10. The van der Waals surface area contributed by atoms with Crippen molar-refractivity contribution in [3.05, 3.63) is 66.0 Å². The number of thiophene rings is 1. The third-order valence-corrected chi connectivity index (χ3v) is 5.10. The average molecular weight is 429 g/mol. The molecular weight excluding hydrogens is 400 g/mol. The topological polar surface area (TPSA) is 106 Å². The maximum atomic E-state index is 11.8. The van der Waals surface area contributed by atoms with Gasteiger partial charge in [-0.25, -0.2) is 0 Å². The summed E-state index contributed by atoms with van der Waals surface area (Å²) in [5.74, 6) is 0.737. The van der Waals surface area contributed by atoms with Gasteiger partial charge >= 0.3 is 0 Å². The van der Waals surface area contributed by atoms with Gasteiger partial charge in [0, 0.05) is 30.9 Å². The van der Waals surface area contributed by atoms with Gasteiger partial charge < -0.3 is 21.1 Å². The van der Waals surface area contributed by atoms with E-state index in [1.165, 1.54) is 0 Å². The van der Waals surface area contributed by atoms with Gasteiger partial charge in [-0.1, -0.05) is 13.0 Å². The van der Waals surface area contributed by atoms with Crippen molar-refractivity contribution in [3.8, 4) is 16.2 Å². The number of nitrogens with one attached hydrogen (secondary N) is 2. The van der Waals surface area contributed by atoms with Crippen LogP contribution in [-0.4, -0.2) is 38.5 Å². The van der Waals surface area contributed by atoms with Crippen molar-refractivity contribution in [2.75, 3.05) is 26.5 Å². The SMILES string of the molecule is CCc1ccccn1.CNC(=O)c1cc(-c2ccc(OC)cc2)sc1NC.NC=O. The maximum Gasteiger partial charge on any atom is 0.254 e. The van der Waals surface area contributed by atoms with Crippen molar-refractivity contribution in [2.45, 2.75) is 13.3 Å². The molecule has 0 fully saturated rings. The highest BCUT2D eigenvalue weighted by Crippen LogP contribution is 2.35. The molecule has 0 atom stereocenters. The lowest BCUT2D eigenvalue weighted by molar-refractivity contribution is -0.106. The van der Waals surface area contributed by atoms with Crippen LogP contribution in [-0.2, 0) is 11.2 Å². The number of carbonyl (C=O) groups excluding carboxylic acids is 2. The molecule has 1 aromatic carbocycles. The van der Waals surface area contributed by atoms with E-state index in [1.807, 2.05) is 61.8 Å². The van der Waals surface area contributed by atoms with Gasteiger partial charge in [-0.15, -0.1) is 11.3 Å². The highest BCUT2D eigenvalue weighted by molar-refractivity contribution is 7.19. The summed E-state index contributed by atoms with van der Waals surface area (Å²) in [5, 5.41) is 6.57. The van der Waals surface area contributed by atoms with Gasteiger partial charge in [-0.3, -0.25) is 14.6 Å². The number of aromatic nitrogens is 1. The molecule has 2 aromatic heterocycles. The van der Waals surface area contributed by atoms with Gasteiger partial charge in [0.1, 0.15) is 10.8 Å². The molecule has 0 aliphatic heterocycles. The summed E-state index contributed by atoms with van der Waals surface area (Å²) in [6, 6.07) is 15.7. The Labute approximate surface area is 181 Å². The lowest BCUT2D eigenvalue weighted by Crippen LogP contribution is -2.17. The number of hydrogen-bond donors (Lipinski definition) is 3. The van der Waals surface area contributed by atoms with E-state index in [9.17, 15) is 4.79 Å². The zero-order valence-corrected chi connectivity index (χ0v) is 18.5. The molecule has 7 nitrogen and oxygen atoms in total.